The van der Waals surface area contributed by atoms with Gasteiger partial charge in [0.1, 0.15) is 0 Å². The number of nitrogens with one attached hydrogen (secondary N) is 1. The third kappa shape index (κ3) is 4.75. The topological polar surface area (TPSA) is 48.5 Å². The van der Waals surface area contributed by atoms with Crippen LogP contribution >= 0.6 is 0 Å². The number of para-hydroxylation sites is 1. The van der Waals surface area contributed by atoms with Crippen molar-refractivity contribution in [3.05, 3.63) is 54.4 Å². The predicted molar refractivity (Wildman–Crippen MR) is 107 cm³/mol. The van der Waals surface area contributed by atoms with Crippen LogP contribution in [0.2, 0.25) is 0 Å². The Balaban J connectivity index is 1.55. The standard InChI is InChI=1S/C21H28N4O/c1-2-3-7-10-23-19-15-18(16-22-17-19)21(26)25-13-11-24(12-14-25)20-8-5-4-6-9-20/h4-6,8-9,15-17,23H,2-3,7,10-14H2,1H3. The number of unbranched alkanes of at least 4 members (excludes halogenated alkanes) is 2. The van der Waals surface area contributed by atoms with Crippen molar-refractivity contribution in [2.75, 3.05) is 42.9 Å². The highest BCUT2D eigenvalue weighted by Gasteiger charge is 2.22. The maximum atomic E-state index is 12.8. The molecule has 2 heterocycles. The summed E-state index contributed by atoms with van der Waals surface area (Å²) in [5.41, 5.74) is 2.81. The number of nitrogens with zero attached hydrogens (tertiary/aromatic N) is 3. The van der Waals surface area contributed by atoms with Gasteiger partial charge in [-0.1, -0.05) is 38.0 Å². The Morgan fingerprint density at radius 3 is 2.58 bits per heavy atom. The zero-order chi connectivity index (χ0) is 18.2. The number of piperazine rings is 1. The molecule has 1 saturated heterocycles. The number of pyridine rings is 1. The van der Waals surface area contributed by atoms with Crippen molar-refractivity contribution in [1.82, 2.24) is 9.88 Å². The third-order valence-corrected chi connectivity index (χ3v) is 4.78. The van der Waals surface area contributed by atoms with Crippen molar-refractivity contribution in [1.29, 1.82) is 0 Å². The van der Waals surface area contributed by atoms with Crippen molar-refractivity contribution < 1.29 is 4.79 Å². The van der Waals surface area contributed by atoms with E-state index in [1.54, 1.807) is 12.4 Å². The van der Waals surface area contributed by atoms with Gasteiger partial charge in [-0.2, -0.15) is 0 Å². The molecule has 5 heteroatoms. The van der Waals surface area contributed by atoms with Gasteiger partial charge in [0, 0.05) is 50.8 Å². The first-order chi connectivity index (χ1) is 12.8. The second-order valence-electron chi connectivity index (χ2n) is 6.71. The lowest BCUT2D eigenvalue weighted by molar-refractivity contribution is 0.0746. The summed E-state index contributed by atoms with van der Waals surface area (Å²) >= 11 is 0. The molecular formula is C21H28N4O. The molecule has 0 spiro atoms. The molecule has 2 aromatic rings. The second kappa shape index (κ2) is 9.22. The Morgan fingerprint density at radius 2 is 1.85 bits per heavy atom. The van der Waals surface area contributed by atoms with Crippen LogP contribution in [0.1, 0.15) is 36.5 Å². The lowest BCUT2D eigenvalue weighted by atomic mass is 10.2. The second-order valence-corrected chi connectivity index (χ2v) is 6.71. The molecule has 0 bridgehead atoms. The summed E-state index contributed by atoms with van der Waals surface area (Å²) < 4.78 is 0. The number of carbonyl (C=O) groups is 1. The van der Waals surface area contributed by atoms with E-state index in [2.05, 4.69) is 46.4 Å². The number of anilines is 2. The molecular weight excluding hydrogens is 324 g/mol. The minimum absolute atomic E-state index is 0.0717. The molecule has 138 valence electrons. The third-order valence-electron chi connectivity index (χ3n) is 4.78. The molecule has 26 heavy (non-hydrogen) atoms. The van der Waals surface area contributed by atoms with Crippen LogP contribution in [-0.2, 0) is 0 Å². The summed E-state index contributed by atoms with van der Waals surface area (Å²) in [6, 6.07) is 12.3. The van der Waals surface area contributed by atoms with Crippen molar-refractivity contribution in [2.24, 2.45) is 0 Å². The Bertz CT molecular complexity index is 696. The lowest BCUT2D eigenvalue weighted by Gasteiger charge is -2.36. The van der Waals surface area contributed by atoms with Crippen LogP contribution in [0.5, 0.6) is 0 Å². The minimum Gasteiger partial charge on any atom is -0.384 e. The first kappa shape index (κ1) is 18.2. The number of carbonyl (C=O) groups excluding carboxylic acids is 1. The van der Waals surface area contributed by atoms with Gasteiger partial charge >= 0.3 is 0 Å². The van der Waals surface area contributed by atoms with Crippen LogP contribution in [0.15, 0.2) is 48.8 Å². The van der Waals surface area contributed by atoms with E-state index in [9.17, 15) is 4.79 Å². The smallest absolute Gasteiger partial charge is 0.255 e. The van der Waals surface area contributed by atoms with Crippen LogP contribution in [-0.4, -0.2) is 48.5 Å². The average molecular weight is 352 g/mol. The highest BCUT2D eigenvalue weighted by atomic mass is 16.2. The van der Waals surface area contributed by atoms with Gasteiger partial charge < -0.3 is 15.1 Å². The highest BCUT2D eigenvalue weighted by molar-refractivity contribution is 5.95. The fourth-order valence-electron chi connectivity index (χ4n) is 3.25. The highest BCUT2D eigenvalue weighted by Crippen LogP contribution is 2.17. The fraction of sp³-hybridized carbons (Fsp3) is 0.429. The van der Waals surface area contributed by atoms with Gasteiger partial charge in [-0.3, -0.25) is 9.78 Å². The van der Waals surface area contributed by atoms with E-state index in [-0.39, 0.29) is 5.91 Å². The molecule has 1 aliphatic heterocycles. The van der Waals surface area contributed by atoms with Crippen LogP contribution in [0.4, 0.5) is 11.4 Å². The maximum Gasteiger partial charge on any atom is 0.255 e. The molecule has 0 unspecified atom stereocenters. The largest absolute Gasteiger partial charge is 0.384 e. The first-order valence-corrected chi connectivity index (χ1v) is 9.56. The number of rotatable bonds is 7. The van der Waals surface area contributed by atoms with Crippen LogP contribution < -0.4 is 10.2 Å². The minimum atomic E-state index is 0.0717. The first-order valence-electron chi connectivity index (χ1n) is 9.56. The van der Waals surface area contributed by atoms with Crippen molar-refractivity contribution in [2.45, 2.75) is 26.2 Å². The predicted octanol–water partition coefficient (Wildman–Crippen LogP) is 3.65. The summed E-state index contributed by atoms with van der Waals surface area (Å²) in [6.07, 6.45) is 7.01. The molecule has 0 saturated carbocycles. The van der Waals surface area contributed by atoms with E-state index in [1.165, 1.54) is 18.5 Å². The van der Waals surface area contributed by atoms with Gasteiger partial charge in [-0.05, 0) is 24.6 Å². The molecule has 1 amide bonds. The number of amides is 1. The number of aromatic nitrogens is 1. The number of hydrogen-bond donors (Lipinski definition) is 1. The summed E-state index contributed by atoms with van der Waals surface area (Å²) in [5.74, 6) is 0.0717. The zero-order valence-electron chi connectivity index (χ0n) is 15.5. The molecule has 1 aromatic carbocycles. The van der Waals surface area contributed by atoms with Crippen molar-refractivity contribution in [3.63, 3.8) is 0 Å². The summed E-state index contributed by atoms with van der Waals surface area (Å²) in [7, 11) is 0. The fourth-order valence-corrected chi connectivity index (χ4v) is 3.25. The van der Waals surface area contributed by atoms with Gasteiger partial charge in [-0.25, -0.2) is 0 Å². The van der Waals surface area contributed by atoms with Crippen LogP contribution in [0.25, 0.3) is 0 Å². The van der Waals surface area contributed by atoms with E-state index in [4.69, 9.17) is 0 Å². The van der Waals surface area contributed by atoms with Crippen LogP contribution in [0, 0.1) is 0 Å². The molecule has 0 atom stereocenters. The Kier molecular flexibility index (Phi) is 6.47. The molecule has 0 radical (unpaired) electrons. The van der Waals surface area contributed by atoms with Crippen molar-refractivity contribution >= 4 is 17.3 Å². The zero-order valence-corrected chi connectivity index (χ0v) is 15.5. The molecule has 1 aliphatic rings. The monoisotopic (exact) mass is 352 g/mol. The van der Waals surface area contributed by atoms with E-state index in [0.717, 1.165) is 44.8 Å². The Morgan fingerprint density at radius 1 is 1.08 bits per heavy atom. The quantitative estimate of drug-likeness (QED) is 0.773. The number of hydrogen-bond acceptors (Lipinski definition) is 4. The van der Waals surface area contributed by atoms with Gasteiger partial charge in [-0.15, -0.1) is 0 Å². The van der Waals surface area contributed by atoms with Gasteiger partial charge in [0.2, 0.25) is 0 Å². The van der Waals surface area contributed by atoms with Crippen LogP contribution in [0.3, 0.4) is 0 Å². The maximum absolute atomic E-state index is 12.8. The number of benzene rings is 1. The average Bonchev–Trinajstić information content (AvgIpc) is 2.72. The van der Waals surface area contributed by atoms with Crippen molar-refractivity contribution in [3.8, 4) is 0 Å². The van der Waals surface area contributed by atoms with E-state index >= 15 is 0 Å². The SMILES string of the molecule is CCCCCNc1cncc(C(=O)N2CCN(c3ccccc3)CC2)c1. The summed E-state index contributed by atoms with van der Waals surface area (Å²) in [5, 5.41) is 3.36. The lowest BCUT2D eigenvalue weighted by Crippen LogP contribution is -2.48. The molecule has 0 aliphatic carbocycles. The van der Waals surface area contributed by atoms with Gasteiger partial charge in [0.25, 0.3) is 5.91 Å². The molecule has 1 aromatic heterocycles. The Hall–Kier alpha value is -2.56. The van der Waals surface area contributed by atoms with Gasteiger partial charge in [0.05, 0.1) is 11.3 Å². The Labute approximate surface area is 156 Å². The van der Waals surface area contributed by atoms with E-state index in [1.807, 2.05) is 17.0 Å². The van der Waals surface area contributed by atoms with E-state index < -0.39 is 0 Å². The summed E-state index contributed by atoms with van der Waals surface area (Å²) in [4.78, 5) is 21.3. The van der Waals surface area contributed by atoms with E-state index in [0.29, 0.717) is 5.56 Å². The normalized spacial score (nSPS) is 14.3. The summed E-state index contributed by atoms with van der Waals surface area (Å²) in [6.45, 7) is 6.31. The molecule has 1 fully saturated rings. The molecule has 5 nitrogen and oxygen atoms in total. The molecule has 1 N–H and O–H groups in total. The van der Waals surface area contributed by atoms with Gasteiger partial charge in [0.15, 0.2) is 0 Å². The molecule has 3 rings (SSSR count).